The first-order chi connectivity index (χ1) is 9.93. The minimum atomic E-state index is -5.48. The van der Waals surface area contributed by atoms with Gasteiger partial charge in [-0.25, -0.2) is 14.4 Å². The highest BCUT2D eigenvalue weighted by molar-refractivity contribution is 6.00. The number of halogens is 6. The minimum absolute atomic E-state index is 0.707. The fourth-order valence-electron chi connectivity index (χ4n) is 1.08. The molecule has 1 rings (SSSR count). The van der Waals surface area contributed by atoms with Crippen LogP contribution >= 0.6 is 0 Å². The van der Waals surface area contributed by atoms with Crippen molar-refractivity contribution in [3.63, 3.8) is 0 Å². The van der Waals surface area contributed by atoms with Crippen LogP contribution in [-0.2, 0) is 14.3 Å². The van der Waals surface area contributed by atoms with Crippen LogP contribution in [-0.4, -0.2) is 30.3 Å². The third-order valence-electron chi connectivity index (χ3n) is 1.96. The van der Waals surface area contributed by atoms with Crippen LogP contribution in [0.15, 0.2) is 24.3 Å². The van der Waals surface area contributed by atoms with E-state index in [9.17, 15) is 40.7 Å². The van der Waals surface area contributed by atoms with E-state index in [4.69, 9.17) is 0 Å². The van der Waals surface area contributed by atoms with Crippen LogP contribution in [0.4, 0.5) is 26.3 Å². The molecule has 0 amide bonds. The molecule has 0 fully saturated rings. The van der Waals surface area contributed by atoms with Gasteiger partial charge in [0, 0.05) is 0 Å². The monoisotopic (exact) mass is 330 g/mol. The summed E-state index contributed by atoms with van der Waals surface area (Å²) in [6.45, 7) is 0. The number of benzene rings is 1. The number of ether oxygens (including phenoxy) is 2. The molecule has 0 unspecified atom stereocenters. The standard InChI is InChI=1S/C11H4F6O5/c12-10(13,14)8(19)21-6-4-2-1-3-5(6)7(18)22-9(20)11(15,16)17/h1-4H. The molecule has 0 atom stereocenters. The highest BCUT2D eigenvalue weighted by atomic mass is 19.4. The number of hydrogen-bond donors (Lipinski definition) is 0. The van der Waals surface area contributed by atoms with E-state index >= 15 is 0 Å². The molecule has 11 heteroatoms. The van der Waals surface area contributed by atoms with E-state index in [0.717, 1.165) is 12.1 Å². The van der Waals surface area contributed by atoms with Crippen molar-refractivity contribution in [1.82, 2.24) is 0 Å². The number of carbonyl (C=O) groups excluding carboxylic acids is 3. The van der Waals surface area contributed by atoms with Crippen LogP contribution in [0.2, 0.25) is 0 Å². The Labute approximate surface area is 117 Å². The molecule has 0 radical (unpaired) electrons. The predicted octanol–water partition coefficient (Wildman–Crippen LogP) is 2.40. The quantitative estimate of drug-likeness (QED) is 0.360. The number of hydrogen-bond acceptors (Lipinski definition) is 5. The first kappa shape index (κ1) is 17.5. The third-order valence-corrected chi connectivity index (χ3v) is 1.96. The van der Waals surface area contributed by atoms with Crippen LogP contribution in [0.3, 0.4) is 0 Å². The molecule has 120 valence electrons. The lowest BCUT2D eigenvalue weighted by Gasteiger charge is -2.11. The summed E-state index contributed by atoms with van der Waals surface area (Å²) in [7, 11) is 0. The molecule has 0 N–H and O–H groups in total. The third kappa shape index (κ3) is 4.46. The fourth-order valence-corrected chi connectivity index (χ4v) is 1.08. The summed E-state index contributed by atoms with van der Waals surface area (Å²) in [4.78, 5) is 32.5. The zero-order valence-corrected chi connectivity index (χ0v) is 10.1. The molecule has 0 heterocycles. The summed E-state index contributed by atoms with van der Waals surface area (Å²) in [6, 6.07) is 3.50. The topological polar surface area (TPSA) is 69.7 Å². The Kier molecular flexibility index (Phi) is 4.79. The minimum Gasteiger partial charge on any atom is -0.419 e. The Bertz CT molecular complexity index is 604. The molecule has 0 bridgehead atoms. The number of para-hydroxylation sites is 1. The van der Waals surface area contributed by atoms with Crippen molar-refractivity contribution in [3.05, 3.63) is 29.8 Å². The second-order valence-corrected chi connectivity index (χ2v) is 3.56. The maximum Gasteiger partial charge on any atom is 0.491 e. The van der Waals surface area contributed by atoms with Crippen molar-refractivity contribution in [2.75, 3.05) is 0 Å². The SMILES string of the molecule is O=C(OC(=O)C(F)(F)F)c1ccccc1OC(=O)C(F)(F)F. The van der Waals surface area contributed by atoms with Gasteiger partial charge in [0.05, 0.1) is 0 Å². The van der Waals surface area contributed by atoms with Gasteiger partial charge in [-0.2, -0.15) is 26.3 Å². The largest absolute Gasteiger partial charge is 0.491 e. The van der Waals surface area contributed by atoms with Gasteiger partial charge in [0.15, 0.2) is 0 Å². The van der Waals surface area contributed by atoms with Crippen LogP contribution < -0.4 is 4.74 Å². The van der Waals surface area contributed by atoms with Gasteiger partial charge in [-0.05, 0) is 12.1 Å². The maximum absolute atomic E-state index is 12.0. The number of carbonyl (C=O) groups is 3. The Morgan fingerprint density at radius 2 is 1.32 bits per heavy atom. The zero-order chi connectivity index (χ0) is 17.1. The van der Waals surface area contributed by atoms with E-state index in [1.165, 1.54) is 0 Å². The molecule has 0 aliphatic rings. The molecular weight excluding hydrogens is 326 g/mol. The maximum atomic E-state index is 12.0. The summed E-state index contributed by atoms with van der Waals surface area (Å²) in [6.07, 6.45) is -10.9. The Morgan fingerprint density at radius 1 is 0.818 bits per heavy atom. The average Bonchev–Trinajstić information content (AvgIpc) is 2.36. The summed E-state index contributed by atoms with van der Waals surface area (Å²) < 4.78 is 79.2. The molecule has 0 saturated heterocycles. The second kappa shape index (κ2) is 6.03. The molecule has 0 spiro atoms. The van der Waals surface area contributed by atoms with Gasteiger partial charge in [0.25, 0.3) is 0 Å². The summed E-state index contributed by atoms with van der Waals surface area (Å²) in [5.41, 5.74) is -0.960. The Hall–Kier alpha value is -2.59. The van der Waals surface area contributed by atoms with Gasteiger partial charge in [0.1, 0.15) is 11.3 Å². The lowest BCUT2D eigenvalue weighted by Crippen LogP contribution is -2.30. The van der Waals surface area contributed by atoms with Crippen molar-refractivity contribution in [3.8, 4) is 5.75 Å². The van der Waals surface area contributed by atoms with E-state index in [2.05, 4.69) is 9.47 Å². The molecule has 0 aromatic heterocycles. The van der Waals surface area contributed by atoms with E-state index in [1.54, 1.807) is 0 Å². The van der Waals surface area contributed by atoms with Crippen molar-refractivity contribution in [1.29, 1.82) is 0 Å². The lowest BCUT2D eigenvalue weighted by atomic mass is 10.2. The molecular formula is C11H4F6O5. The van der Waals surface area contributed by atoms with E-state index in [0.29, 0.717) is 12.1 Å². The van der Waals surface area contributed by atoms with Crippen molar-refractivity contribution in [2.45, 2.75) is 12.4 Å². The van der Waals surface area contributed by atoms with Gasteiger partial charge >= 0.3 is 30.3 Å². The predicted molar refractivity (Wildman–Crippen MR) is 54.6 cm³/mol. The van der Waals surface area contributed by atoms with Crippen LogP contribution in [0.1, 0.15) is 10.4 Å². The zero-order valence-electron chi connectivity index (χ0n) is 10.1. The van der Waals surface area contributed by atoms with Crippen LogP contribution in [0.5, 0.6) is 5.75 Å². The molecule has 0 saturated carbocycles. The summed E-state index contributed by atoms with van der Waals surface area (Å²) in [5, 5.41) is 0. The smallest absolute Gasteiger partial charge is 0.419 e. The molecule has 1 aromatic carbocycles. The van der Waals surface area contributed by atoms with Crippen molar-refractivity contribution < 1.29 is 50.2 Å². The Morgan fingerprint density at radius 3 is 1.82 bits per heavy atom. The first-order valence-corrected chi connectivity index (χ1v) is 5.14. The van der Waals surface area contributed by atoms with Gasteiger partial charge in [-0.15, -0.1) is 0 Å². The normalized spacial score (nSPS) is 11.7. The molecule has 5 nitrogen and oxygen atoms in total. The molecule has 22 heavy (non-hydrogen) atoms. The molecule has 1 aromatic rings. The van der Waals surface area contributed by atoms with Crippen molar-refractivity contribution in [2.24, 2.45) is 0 Å². The molecule has 0 aliphatic heterocycles. The van der Waals surface area contributed by atoms with Crippen LogP contribution in [0, 0.1) is 0 Å². The van der Waals surface area contributed by atoms with Crippen LogP contribution in [0.25, 0.3) is 0 Å². The fraction of sp³-hybridized carbons (Fsp3) is 0.182. The Balaban J connectivity index is 2.99. The second-order valence-electron chi connectivity index (χ2n) is 3.56. The van der Waals surface area contributed by atoms with Gasteiger partial charge < -0.3 is 9.47 Å². The number of esters is 3. The van der Waals surface area contributed by atoms with Crippen molar-refractivity contribution >= 4 is 17.9 Å². The van der Waals surface area contributed by atoms with E-state index < -0.39 is 41.6 Å². The highest BCUT2D eigenvalue weighted by Gasteiger charge is 2.44. The number of alkyl halides is 6. The lowest BCUT2D eigenvalue weighted by molar-refractivity contribution is -0.193. The molecule has 0 aliphatic carbocycles. The van der Waals surface area contributed by atoms with E-state index in [1.807, 2.05) is 0 Å². The summed E-state index contributed by atoms with van der Waals surface area (Å²) >= 11 is 0. The van der Waals surface area contributed by atoms with E-state index in [-0.39, 0.29) is 0 Å². The first-order valence-electron chi connectivity index (χ1n) is 5.14. The highest BCUT2D eigenvalue weighted by Crippen LogP contribution is 2.25. The number of rotatable bonds is 2. The van der Waals surface area contributed by atoms with Gasteiger partial charge in [0.2, 0.25) is 0 Å². The average molecular weight is 330 g/mol. The van der Waals surface area contributed by atoms with Gasteiger partial charge in [-0.1, -0.05) is 12.1 Å². The summed E-state index contributed by atoms with van der Waals surface area (Å²) in [5.74, 6) is -8.50. The van der Waals surface area contributed by atoms with Gasteiger partial charge in [-0.3, -0.25) is 0 Å².